The SMILES string of the molecule is O=C(NCC1C2CN(S(=O)(=O)c3ccc(Cl)cc3)CC12)c1ccc(N2CCOCC2)c(F)c1. The Labute approximate surface area is 197 Å². The number of hydrogen-bond donors (Lipinski definition) is 1. The average molecular weight is 494 g/mol. The van der Waals surface area contributed by atoms with Crippen LogP contribution in [0.2, 0.25) is 5.02 Å². The molecule has 2 saturated heterocycles. The summed E-state index contributed by atoms with van der Waals surface area (Å²) >= 11 is 5.86. The van der Waals surface area contributed by atoms with Gasteiger partial charge >= 0.3 is 0 Å². The molecule has 0 radical (unpaired) electrons. The first-order chi connectivity index (χ1) is 15.8. The van der Waals surface area contributed by atoms with Crippen molar-refractivity contribution >= 4 is 33.2 Å². The summed E-state index contributed by atoms with van der Waals surface area (Å²) in [6.07, 6.45) is 0. The number of carbonyl (C=O) groups is 1. The van der Waals surface area contributed by atoms with E-state index in [0.29, 0.717) is 56.6 Å². The lowest BCUT2D eigenvalue weighted by atomic mass is 10.1. The maximum absolute atomic E-state index is 14.6. The summed E-state index contributed by atoms with van der Waals surface area (Å²) in [5.74, 6) is -0.0439. The normalized spacial score (nSPS) is 25.0. The molecule has 1 saturated carbocycles. The number of anilines is 1. The first kappa shape index (κ1) is 22.6. The Hall–Kier alpha value is -2.20. The summed E-state index contributed by atoms with van der Waals surface area (Å²) in [6.45, 7) is 3.71. The van der Waals surface area contributed by atoms with Crippen LogP contribution in [-0.2, 0) is 14.8 Å². The molecule has 1 amide bonds. The molecule has 10 heteroatoms. The second-order valence-electron chi connectivity index (χ2n) is 8.74. The van der Waals surface area contributed by atoms with Crippen LogP contribution < -0.4 is 10.2 Å². The Bertz CT molecular complexity index is 1140. The van der Waals surface area contributed by atoms with Gasteiger partial charge in [0.15, 0.2) is 0 Å². The number of fused-ring (bicyclic) bond motifs is 1. The van der Waals surface area contributed by atoms with Gasteiger partial charge in [-0.15, -0.1) is 0 Å². The molecule has 1 N–H and O–H groups in total. The van der Waals surface area contributed by atoms with Crippen LogP contribution in [0.4, 0.5) is 10.1 Å². The molecular weight excluding hydrogens is 469 g/mol. The van der Waals surface area contributed by atoms with Crippen molar-refractivity contribution in [1.29, 1.82) is 0 Å². The maximum atomic E-state index is 14.6. The summed E-state index contributed by atoms with van der Waals surface area (Å²) in [7, 11) is -3.54. The highest BCUT2D eigenvalue weighted by atomic mass is 35.5. The Morgan fingerprint density at radius 2 is 1.76 bits per heavy atom. The van der Waals surface area contributed by atoms with Crippen LogP contribution in [0.3, 0.4) is 0 Å². The zero-order valence-electron chi connectivity index (χ0n) is 17.9. The van der Waals surface area contributed by atoms with Gasteiger partial charge in [0.2, 0.25) is 10.0 Å². The number of halogens is 2. The molecule has 3 aliphatic rings. The van der Waals surface area contributed by atoms with Gasteiger partial charge in [-0.2, -0.15) is 4.31 Å². The first-order valence-electron chi connectivity index (χ1n) is 11.0. The number of morpholine rings is 1. The molecule has 3 fully saturated rings. The lowest BCUT2D eigenvalue weighted by molar-refractivity contribution is 0.0949. The number of nitrogens with zero attached hydrogens (tertiary/aromatic N) is 2. The molecule has 2 aromatic rings. The Kier molecular flexibility index (Phi) is 6.07. The third-order valence-electron chi connectivity index (χ3n) is 6.85. The number of amides is 1. The van der Waals surface area contributed by atoms with Crippen LogP contribution in [0.1, 0.15) is 10.4 Å². The third kappa shape index (κ3) is 4.47. The fourth-order valence-electron chi connectivity index (χ4n) is 4.89. The quantitative estimate of drug-likeness (QED) is 0.669. The molecule has 33 heavy (non-hydrogen) atoms. The predicted molar refractivity (Wildman–Crippen MR) is 122 cm³/mol. The van der Waals surface area contributed by atoms with E-state index < -0.39 is 15.8 Å². The van der Waals surface area contributed by atoms with E-state index >= 15 is 0 Å². The molecule has 1 aliphatic carbocycles. The highest BCUT2D eigenvalue weighted by molar-refractivity contribution is 7.89. The number of ether oxygens (including phenoxy) is 1. The van der Waals surface area contributed by atoms with E-state index in [0.717, 1.165) is 0 Å². The molecule has 2 aliphatic heterocycles. The summed E-state index contributed by atoms with van der Waals surface area (Å²) in [6, 6.07) is 10.7. The molecule has 7 nitrogen and oxygen atoms in total. The second-order valence-corrected chi connectivity index (χ2v) is 11.1. The highest BCUT2D eigenvalue weighted by Gasteiger charge is 2.57. The van der Waals surface area contributed by atoms with E-state index in [9.17, 15) is 17.6 Å². The van der Waals surface area contributed by atoms with Crippen LogP contribution in [0.5, 0.6) is 0 Å². The standard InChI is InChI=1S/C23H25ClFN3O4S/c24-16-2-4-17(5-3-16)33(30,31)28-13-19-18(20(19)14-28)12-26-23(29)15-1-6-22(21(25)11-15)27-7-9-32-10-8-27/h1-6,11,18-20H,7-10,12-14H2,(H,26,29). The number of hydrogen-bond acceptors (Lipinski definition) is 5. The molecule has 2 atom stereocenters. The van der Waals surface area contributed by atoms with Crippen molar-refractivity contribution in [3.05, 3.63) is 58.9 Å². The Balaban J connectivity index is 1.14. The van der Waals surface area contributed by atoms with Crippen LogP contribution in [0.25, 0.3) is 0 Å². The zero-order valence-corrected chi connectivity index (χ0v) is 19.5. The van der Waals surface area contributed by atoms with E-state index in [1.54, 1.807) is 24.3 Å². The minimum atomic E-state index is -3.54. The summed E-state index contributed by atoms with van der Waals surface area (Å²) in [5.41, 5.74) is 0.760. The molecule has 5 rings (SSSR count). The zero-order chi connectivity index (χ0) is 23.2. The number of carbonyl (C=O) groups excluding carboxylic acids is 1. The van der Waals surface area contributed by atoms with Gasteiger partial charge in [0.1, 0.15) is 5.82 Å². The van der Waals surface area contributed by atoms with Crippen molar-refractivity contribution < 1.29 is 22.3 Å². The maximum Gasteiger partial charge on any atom is 0.251 e. The van der Waals surface area contributed by atoms with Gasteiger partial charge in [-0.3, -0.25) is 4.79 Å². The van der Waals surface area contributed by atoms with Crippen LogP contribution in [0.15, 0.2) is 47.4 Å². The molecule has 2 aromatic carbocycles. The molecular formula is C23H25ClFN3O4S. The largest absolute Gasteiger partial charge is 0.378 e. The summed E-state index contributed by atoms with van der Waals surface area (Å²) in [4.78, 5) is 14.7. The van der Waals surface area contributed by atoms with Crippen molar-refractivity contribution in [3.63, 3.8) is 0 Å². The molecule has 0 bridgehead atoms. The molecule has 2 heterocycles. The van der Waals surface area contributed by atoms with Crippen LogP contribution in [0, 0.1) is 23.6 Å². The van der Waals surface area contributed by atoms with Crippen molar-refractivity contribution in [2.75, 3.05) is 50.8 Å². The first-order valence-corrected chi connectivity index (χ1v) is 12.8. The lowest BCUT2D eigenvalue weighted by Gasteiger charge is -2.29. The molecule has 0 spiro atoms. The fourth-order valence-corrected chi connectivity index (χ4v) is 6.53. The Morgan fingerprint density at radius 3 is 2.39 bits per heavy atom. The van der Waals surface area contributed by atoms with Crippen molar-refractivity contribution in [3.8, 4) is 0 Å². The van der Waals surface area contributed by atoms with Crippen molar-refractivity contribution in [2.24, 2.45) is 17.8 Å². The van der Waals surface area contributed by atoms with E-state index in [1.165, 1.54) is 22.5 Å². The number of sulfonamides is 1. The van der Waals surface area contributed by atoms with Gasteiger partial charge in [-0.25, -0.2) is 12.8 Å². The smallest absolute Gasteiger partial charge is 0.251 e. The fraction of sp³-hybridized carbons (Fsp3) is 0.435. The van der Waals surface area contributed by atoms with E-state index in [2.05, 4.69) is 5.32 Å². The van der Waals surface area contributed by atoms with Crippen molar-refractivity contribution in [2.45, 2.75) is 4.90 Å². The van der Waals surface area contributed by atoms with Gasteiger partial charge in [-0.1, -0.05) is 11.6 Å². The monoisotopic (exact) mass is 493 g/mol. The topological polar surface area (TPSA) is 79.0 Å². The second kappa shape index (κ2) is 8.87. The molecule has 0 aromatic heterocycles. The number of nitrogens with one attached hydrogen (secondary N) is 1. The average Bonchev–Trinajstić information content (AvgIpc) is 3.25. The number of rotatable bonds is 6. The van der Waals surface area contributed by atoms with Gasteiger partial charge in [0.25, 0.3) is 5.91 Å². The van der Waals surface area contributed by atoms with Gasteiger partial charge in [0.05, 0.1) is 23.8 Å². The summed E-state index contributed by atoms with van der Waals surface area (Å²) in [5, 5.41) is 3.38. The van der Waals surface area contributed by atoms with E-state index in [1.807, 2.05) is 4.90 Å². The summed E-state index contributed by atoms with van der Waals surface area (Å²) < 4.78 is 47.0. The van der Waals surface area contributed by atoms with Crippen LogP contribution >= 0.6 is 11.6 Å². The lowest BCUT2D eigenvalue weighted by Crippen LogP contribution is -2.37. The molecule has 176 valence electrons. The van der Waals surface area contributed by atoms with E-state index in [4.69, 9.17) is 16.3 Å². The Morgan fingerprint density at radius 1 is 1.09 bits per heavy atom. The van der Waals surface area contributed by atoms with E-state index in [-0.39, 0.29) is 34.1 Å². The minimum absolute atomic E-state index is 0.229. The van der Waals surface area contributed by atoms with Crippen LogP contribution in [-0.4, -0.2) is 64.6 Å². The van der Waals surface area contributed by atoms with Crippen molar-refractivity contribution in [1.82, 2.24) is 9.62 Å². The van der Waals surface area contributed by atoms with Gasteiger partial charge in [0, 0.05) is 43.3 Å². The highest BCUT2D eigenvalue weighted by Crippen LogP contribution is 2.52. The molecule has 2 unspecified atom stereocenters. The number of benzene rings is 2. The predicted octanol–water partition coefficient (Wildman–Crippen LogP) is 2.61. The minimum Gasteiger partial charge on any atom is -0.378 e. The third-order valence-corrected chi connectivity index (χ3v) is 8.95. The number of piperidine rings is 1. The van der Waals surface area contributed by atoms with Gasteiger partial charge in [-0.05, 0) is 60.2 Å². The van der Waals surface area contributed by atoms with Gasteiger partial charge < -0.3 is 15.0 Å².